The van der Waals surface area contributed by atoms with Crippen molar-refractivity contribution >= 4 is 5.78 Å². The number of ketones is 1. The minimum atomic E-state index is -0.232. The van der Waals surface area contributed by atoms with E-state index in [1.54, 1.807) is 22.5 Å². The van der Waals surface area contributed by atoms with Gasteiger partial charge in [0.05, 0.1) is 24.0 Å². The maximum Gasteiger partial charge on any atom is 0.334 e. The highest BCUT2D eigenvalue weighted by Gasteiger charge is 2.20. The van der Waals surface area contributed by atoms with Crippen LogP contribution in [0.5, 0.6) is 0 Å². The molecule has 0 unspecified atom stereocenters. The van der Waals surface area contributed by atoms with E-state index in [9.17, 15) is 9.59 Å². The van der Waals surface area contributed by atoms with Crippen molar-refractivity contribution in [2.45, 2.75) is 39.7 Å². The topological polar surface area (TPSA) is 129 Å². The number of H-pyrrole nitrogens is 1. The van der Waals surface area contributed by atoms with Gasteiger partial charge >= 0.3 is 5.69 Å². The van der Waals surface area contributed by atoms with Crippen molar-refractivity contribution in [2.75, 3.05) is 0 Å². The van der Waals surface area contributed by atoms with Gasteiger partial charge in [-0.25, -0.2) is 9.89 Å². The highest BCUT2D eigenvalue weighted by Crippen LogP contribution is 2.25. The summed E-state index contributed by atoms with van der Waals surface area (Å²) in [6, 6.07) is 11.8. The molecule has 0 fully saturated rings. The van der Waals surface area contributed by atoms with Crippen molar-refractivity contribution in [3.8, 4) is 28.3 Å². The van der Waals surface area contributed by atoms with Crippen LogP contribution in [-0.4, -0.2) is 50.3 Å². The van der Waals surface area contributed by atoms with Crippen molar-refractivity contribution in [1.29, 1.82) is 0 Å². The number of carbonyl (C=O) groups is 1. The van der Waals surface area contributed by atoms with Gasteiger partial charge in [-0.2, -0.15) is 5.10 Å². The van der Waals surface area contributed by atoms with E-state index in [1.165, 1.54) is 17.7 Å². The fourth-order valence-electron chi connectivity index (χ4n) is 4.40. The maximum absolute atomic E-state index is 13.6. The summed E-state index contributed by atoms with van der Waals surface area (Å²) in [6.07, 6.45) is 7.73. The van der Waals surface area contributed by atoms with E-state index in [-0.39, 0.29) is 11.5 Å². The number of hydrogen-bond acceptors (Lipinski definition) is 7. The Hall–Kier alpha value is -4.67. The van der Waals surface area contributed by atoms with Gasteiger partial charge in [0.2, 0.25) is 0 Å². The summed E-state index contributed by atoms with van der Waals surface area (Å²) in [7, 11) is 1.73. The standard InChI is InChI=1S/C26H27N9O2/c1-4-5-9-22-16-35(25-23(17(2)36)14-28-33(25)3)26(37)34(22)15-21-13-19(10-11-27-21)18-7-6-8-20(12-18)24-29-31-32-30-24/h6-8,10-14,16H,4-5,9,15H2,1-3H3,(H,29,30,31,32). The van der Waals surface area contributed by atoms with Gasteiger partial charge in [0, 0.05) is 30.7 Å². The molecule has 0 aliphatic carbocycles. The van der Waals surface area contributed by atoms with E-state index in [0.29, 0.717) is 23.8 Å². The zero-order valence-electron chi connectivity index (χ0n) is 20.9. The van der Waals surface area contributed by atoms with E-state index in [1.807, 2.05) is 42.6 Å². The molecule has 0 bridgehead atoms. The number of imidazole rings is 1. The van der Waals surface area contributed by atoms with Crippen LogP contribution in [0.2, 0.25) is 0 Å². The first-order chi connectivity index (χ1) is 18.0. The van der Waals surface area contributed by atoms with Crippen molar-refractivity contribution in [3.05, 3.63) is 82.4 Å². The molecule has 0 saturated heterocycles. The number of benzene rings is 1. The summed E-state index contributed by atoms with van der Waals surface area (Å²) >= 11 is 0. The molecule has 0 aliphatic rings. The Bertz CT molecular complexity index is 1610. The van der Waals surface area contributed by atoms with E-state index in [4.69, 9.17) is 0 Å². The summed E-state index contributed by atoms with van der Waals surface area (Å²) < 4.78 is 4.81. The number of pyridine rings is 1. The number of nitrogens with one attached hydrogen (secondary N) is 1. The molecule has 188 valence electrons. The lowest BCUT2D eigenvalue weighted by atomic mass is 10.0. The van der Waals surface area contributed by atoms with Crippen LogP contribution >= 0.6 is 0 Å². The third-order valence-electron chi connectivity index (χ3n) is 6.31. The summed E-state index contributed by atoms with van der Waals surface area (Å²) in [5.74, 6) is 0.912. The van der Waals surface area contributed by atoms with Gasteiger partial charge in [-0.1, -0.05) is 31.5 Å². The van der Waals surface area contributed by atoms with Crippen molar-refractivity contribution in [3.63, 3.8) is 0 Å². The number of aryl methyl sites for hydroxylation is 2. The molecule has 37 heavy (non-hydrogen) atoms. The zero-order valence-corrected chi connectivity index (χ0v) is 20.9. The van der Waals surface area contributed by atoms with Crippen molar-refractivity contribution in [1.82, 2.24) is 44.5 Å². The number of hydrogen-bond donors (Lipinski definition) is 1. The molecular formula is C26H27N9O2. The fraction of sp³-hybridized carbons (Fsp3) is 0.269. The van der Waals surface area contributed by atoms with Crippen LogP contribution in [-0.2, 0) is 20.0 Å². The van der Waals surface area contributed by atoms with Crippen LogP contribution in [0.3, 0.4) is 0 Å². The lowest BCUT2D eigenvalue weighted by Crippen LogP contribution is -2.27. The quantitative estimate of drug-likeness (QED) is 0.310. The molecule has 1 N–H and O–H groups in total. The Morgan fingerprint density at radius 3 is 2.68 bits per heavy atom. The second-order valence-electron chi connectivity index (χ2n) is 8.89. The Morgan fingerprint density at radius 2 is 1.92 bits per heavy atom. The van der Waals surface area contributed by atoms with E-state index in [0.717, 1.165) is 47.3 Å². The maximum atomic E-state index is 13.6. The number of rotatable bonds is 9. The Balaban J connectivity index is 1.53. The number of tetrazole rings is 1. The first-order valence-corrected chi connectivity index (χ1v) is 12.1. The van der Waals surface area contributed by atoms with Crippen LogP contribution in [0.15, 0.2) is 59.8 Å². The highest BCUT2D eigenvalue weighted by molar-refractivity contribution is 5.96. The largest absolute Gasteiger partial charge is 0.334 e. The molecule has 0 saturated carbocycles. The van der Waals surface area contributed by atoms with Gasteiger partial charge in [-0.05, 0) is 59.5 Å². The molecule has 4 heterocycles. The van der Waals surface area contributed by atoms with Crippen LogP contribution in [0, 0.1) is 0 Å². The lowest BCUT2D eigenvalue weighted by Gasteiger charge is -2.09. The molecule has 0 aliphatic heterocycles. The minimum absolute atomic E-state index is 0.143. The first kappa shape index (κ1) is 24.0. The normalized spacial score (nSPS) is 11.2. The average Bonchev–Trinajstić information content (AvgIpc) is 3.64. The summed E-state index contributed by atoms with van der Waals surface area (Å²) in [4.78, 5) is 30.4. The first-order valence-electron chi connectivity index (χ1n) is 12.1. The predicted octanol–water partition coefficient (Wildman–Crippen LogP) is 3.21. The number of carbonyl (C=O) groups excluding carboxylic acids is 1. The van der Waals surface area contributed by atoms with E-state index < -0.39 is 0 Å². The SMILES string of the molecule is CCCCc1cn(-c2c(C(C)=O)cnn2C)c(=O)n1Cc1cc(-c2cccc(-c3nnn[nH]3)c2)ccn1. The van der Waals surface area contributed by atoms with Crippen LogP contribution < -0.4 is 5.69 Å². The second-order valence-corrected chi connectivity index (χ2v) is 8.89. The van der Waals surface area contributed by atoms with E-state index in [2.05, 4.69) is 37.6 Å². The average molecular weight is 498 g/mol. The van der Waals surface area contributed by atoms with E-state index >= 15 is 0 Å². The molecule has 0 atom stereocenters. The fourth-order valence-corrected chi connectivity index (χ4v) is 4.40. The number of aromatic nitrogens is 9. The summed E-state index contributed by atoms with van der Waals surface area (Å²) in [5, 5.41) is 18.3. The third kappa shape index (κ3) is 4.75. The molecule has 4 aromatic heterocycles. The van der Waals surface area contributed by atoms with Crippen LogP contribution in [0.25, 0.3) is 28.3 Å². The van der Waals surface area contributed by atoms with Crippen LogP contribution in [0.4, 0.5) is 0 Å². The number of aromatic amines is 1. The molecule has 11 heteroatoms. The second kappa shape index (κ2) is 10.1. The van der Waals surface area contributed by atoms with Crippen molar-refractivity contribution in [2.24, 2.45) is 7.05 Å². The van der Waals surface area contributed by atoms with Gasteiger partial charge in [0.15, 0.2) is 11.6 Å². The monoisotopic (exact) mass is 497 g/mol. The van der Waals surface area contributed by atoms with Gasteiger partial charge in [0.1, 0.15) is 5.82 Å². The van der Waals surface area contributed by atoms with Gasteiger partial charge in [-0.3, -0.25) is 23.6 Å². The highest BCUT2D eigenvalue weighted by atomic mass is 16.2. The smallest absolute Gasteiger partial charge is 0.294 e. The number of nitrogens with zero attached hydrogens (tertiary/aromatic N) is 8. The Labute approximate surface area is 212 Å². The molecule has 0 amide bonds. The molecule has 5 rings (SSSR count). The third-order valence-corrected chi connectivity index (χ3v) is 6.31. The lowest BCUT2D eigenvalue weighted by molar-refractivity contribution is 0.101. The molecule has 0 spiro atoms. The van der Waals surface area contributed by atoms with Crippen LogP contribution in [0.1, 0.15) is 48.4 Å². The van der Waals surface area contributed by atoms with Gasteiger partial charge in [-0.15, -0.1) is 5.10 Å². The minimum Gasteiger partial charge on any atom is -0.294 e. The van der Waals surface area contributed by atoms with Gasteiger partial charge in [0.25, 0.3) is 0 Å². The summed E-state index contributed by atoms with van der Waals surface area (Å²) in [6.45, 7) is 3.89. The number of unbranched alkanes of at least 4 members (excludes halogenated alkanes) is 1. The zero-order chi connectivity index (χ0) is 25.9. The molecule has 5 aromatic rings. The molecule has 0 radical (unpaired) electrons. The Kier molecular flexibility index (Phi) is 6.59. The predicted molar refractivity (Wildman–Crippen MR) is 137 cm³/mol. The number of Topliss-reactive ketones (excluding diaryl/α,β-unsaturated/α-hetero) is 1. The molecule has 1 aromatic carbocycles. The van der Waals surface area contributed by atoms with Crippen molar-refractivity contribution < 1.29 is 4.79 Å². The Morgan fingerprint density at radius 1 is 1.11 bits per heavy atom. The molecular weight excluding hydrogens is 470 g/mol. The molecule has 11 nitrogen and oxygen atoms in total. The van der Waals surface area contributed by atoms with Gasteiger partial charge < -0.3 is 0 Å². The summed E-state index contributed by atoms with van der Waals surface area (Å²) in [5.41, 5.74) is 4.62.